The average molecular weight is 224 g/mol. The summed E-state index contributed by atoms with van der Waals surface area (Å²) >= 11 is 5.80. The van der Waals surface area contributed by atoms with Crippen LogP contribution in [0.3, 0.4) is 0 Å². The molecule has 0 amide bonds. The van der Waals surface area contributed by atoms with Crippen molar-refractivity contribution in [1.29, 1.82) is 5.26 Å². The first-order valence-electron chi connectivity index (χ1n) is 4.58. The van der Waals surface area contributed by atoms with Crippen LogP contribution in [-0.4, -0.2) is 31.3 Å². The fourth-order valence-corrected chi connectivity index (χ4v) is 1.72. The quantitative estimate of drug-likeness (QED) is 0.712. The summed E-state index contributed by atoms with van der Waals surface area (Å²) in [5.74, 6) is 0. The third-order valence-electron chi connectivity index (χ3n) is 2.44. The molecule has 0 aliphatic carbocycles. The van der Waals surface area contributed by atoms with Crippen molar-refractivity contribution in [2.75, 3.05) is 25.1 Å². The molecule has 5 heteroatoms. The fourth-order valence-electron chi connectivity index (χ4n) is 1.52. The molecule has 1 aromatic heterocycles. The third-order valence-corrected chi connectivity index (χ3v) is 2.63. The molecule has 0 radical (unpaired) electrons. The minimum Gasteiger partial charge on any atom is -0.378 e. The molecule has 0 bridgehead atoms. The first-order chi connectivity index (χ1) is 7.22. The maximum absolute atomic E-state index is 8.74. The van der Waals surface area contributed by atoms with Gasteiger partial charge in [0.25, 0.3) is 0 Å². The van der Waals surface area contributed by atoms with Crippen molar-refractivity contribution < 1.29 is 4.74 Å². The molecule has 2 heterocycles. The SMILES string of the molecule is COC1CN(c2cc(Cl)nc(C#N)c2)C1. The van der Waals surface area contributed by atoms with Crippen LogP contribution < -0.4 is 4.90 Å². The van der Waals surface area contributed by atoms with E-state index in [4.69, 9.17) is 21.6 Å². The number of methoxy groups -OCH3 is 1. The Morgan fingerprint density at radius 2 is 2.33 bits per heavy atom. The highest BCUT2D eigenvalue weighted by molar-refractivity contribution is 6.29. The zero-order valence-electron chi connectivity index (χ0n) is 8.27. The lowest BCUT2D eigenvalue weighted by molar-refractivity contribution is 0.0787. The van der Waals surface area contributed by atoms with E-state index in [2.05, 4.69) is 9.88 Å². The van der Waals surface area contributed by atoms with Gasteiger partial charge < -0.3 is 9.64 Å². The monoisotopic (exact) mass is 223 g/mol. The number of nitrogens with zero attached hydrogens (tertiary/aromatic N) is 3. The summed E-state index contributed by atoms with van der Waals surface area (Å²) in [5, 5.41) is 9.09. The Labute approximate surface area is 93.0 Å². The summed E-state index contributed by atoms with van der Waals surface area (Å²) in [6.45, 7) is 1.67. The smallest absolute Gasteiger partial charge is 0.144 e. The van der Waals surface area contributed by atoms with Crippen molar-refractivity contribution in [2.24, 2.45) is 0 Å². The summed E-state index contributed by atoms with van der Waals surface area (Å²) in [6.07, 6.45) is 0.280. The van der Waals surface area contributed by atoms with Crippen LogP contribution in [-0.2, 0) is 4.74 Å². The number of rotatable bonds is 2. The molecular formula is C10H10ClN3O. The third kappa shape index (κ3) is 2.04. The second kappa shape index (κ2) is 4.05. The molecule has 1 saturated heterocycles. The van der Waals surface area contributed by atoms with Crippen LogP contribution in [0.4, 0.5) is 5.69 Å². The number of aromatic nitrogens is 1. The molecule has 1 aliphatic rings. The van der Waals surface area contributed by atoms with Crippen LogP contribution in [0.2, 0.25) is 5.15 Å². The predicted molar refractivity (Wildman–Crippen MR) is 57.0 cm³/mol. The van der Waals surface area contributed by atoms with Gasteiger partial charge in [-0.25, -0.2) is 4.98 Å². The average Bonchev–Trinajstić information content (AvgIpc) is 2.15. The summed E-state index contributed by atoms with van der Waals surface area (Å²) in [6, 6.07) is 5.48. The van der Waals surface area contributed by atoms with Gasteiger partial charge in [-0.1, -0.05) is 11.6 Å². The van der Waals surface area contributed by atoms with E-state index in [-0.39, 0.29) is 6.10 Å². The fraction of sp³-hybridized carbons (Fsp3) is 0.400. The molecule has 15 heavy (non-hydrogen) atoms. The molecule has 0 aromatic carbocycles. The molecule has 0 unspecified atom stereocenters. The van der Waals surface area contributed by atoms with E-state index < -0.39 is 0 Å². The van der Waals surface area contributed by atoms with Crippen molar-refractivity contribution in [3.05, 3.63) is 23.0 Å². The minimum atomic E-state index is 0.280. The highest BCUT2D eigenvalue weighted by Crippen LogP contribution is 2.24. The Hall–Kier alpha value is -1.31. The number of hydrogen-bond donors (Lipinski definition) is 0. The minimum absolute atomic E-state index is 0.280. The van der Waals surface area contributed by atoms with Crippen molar-refractivity contribution >= 4 is 17.3 Å². The van der Waals surface area contributed by atoms with Gasteiger partial charge in [0.1, 0.15) is 16.9 Å². The maximum atomic E-state index is 8.74. The second-order valence-corrected chi connectivity index (χ2v) is 3.80. The van der Waals surface area contributed by atoms with Gasteiger partial charge in [-0.2, -0.15) is 5.26 Å². The number of hydrogen-bond acceptors (Lipinski definition) is 4. The number of nitriles is 1. The Morgan fingerprint density at radius 3 is 2.93 bits per heavy atom. The van der Waals surface area contributed by atoms with Crippen LogP contribution in [0.25, 0.3) is 0 Å². The first-order valence-corrected chi connectivity index (χ1v) is 4.96. The van der Waals surface area contributed by atoms with Gasteiger partial charge in [-0.3, -0.25) is 0 Å². The van der Waals surface area contributed by atoms with E-state index in [1.165, 1.54) is 0 Å². The normalized spacial score (nSPS) is 15.9. The molecule has 78 valence electrons. The lowest BCUT2D eigenvalue weighted by Gasteiger charge is -2.39. The molecule has 1 aliphatic heterocycles. The van der Waals surface area contributed by atoms with Gasteiger partial charge in [0.15, 0.2) is 0 Å². The summed E-state index contributed by atoms with van der Waals surface area (Å²) < 4.78 is 5.17. The van der Waals surface area contributed by atoms with Crippen LogP contribution in [0.5, 0.6) is 0 Å². The molecule has 0 N–H and O–H groups in total. The molecule has 0 spiro atoms. The number of ether oxygens (including phenoxy) is 1. The van der Waals surface area contributed by atoms with E-state index in [9.17, 15) is 0 Å². The molecular weight excluding hydrogens is 214 g/mol. The van der Waals surface area contributed by atoms with Crippen LogP contribution in [0.15, 0.2) is 12.1 Å². The van der Waals surface area contributed by atoms with Gasteiger partial charge in [0.2, 0.25) is 0 Å². The number of halogens is 1. The molecule has 1 fully saturated rings. The Balaban J connectivity index is 2.16. The zero-order chi connectivity index (χ0) is 10.8. The van der Waals surface area contributed by atoms with Gasteiger partial charge in [-0.15, -0.1) is 0 Å². The van der Waals surface area contributed by atoms with E-state index in [1.807, 2.05) is 6.07 Å². The van der Waals surface area contributed by atoms with Crippen LogP contribution in [0.1, 0.15) is 5.69 Å². The standard InChI is InChI=1S/C10H10ClN3O/c1-15-9-5-14(6-9)8-2-7(4-12)13-10(11)3-8/h2-3,9H,5-6H2,1H3. The van der Waals surface area contributed by atoms with E-state index in [0.29, 0.717) is 10.8 Å². The summed E-state index contributed by atoms with van der Waals surface area (Å²) in [7, 11) is 1.70. The zero-order valence-corrected chi connectivity index (χ0v) is 9.03. The molecule has 4 nitrogen and oxygen atoms in total. The lowest BCUT2D eigenvalue weighted by atomic mass is 10.1. The van der Waals surface area contributed by atoms with E-state index in [1.54, 1.807) is 19.2 Å². The molecule has 1 aromatic rings. The van der Waals surface area contributed by atoms with Gasteiger partial charge in [-0.05, 0) is 12.1 Å². The van der Waals surface area contributed by atoms with Gasteiger partial charge in [0.05, 0.1) is 6.10 Å². The lowest BCUT2D eigenvalue weighted by Crippen LogP contribution is -2.51. The Bertz CT molecular complexity index is 410. The van der Waals surface area contributed by atoms with Crippen LogP contribution in [0, 0.1) is 11.3 Å². The van der Waals surface area contributed by atoms with E-state index >= 15 is 0 Å². The van der Waals surface area contributed by atoms with E-state index in [0.717, 1.165) is 18.8 Å². The van der Waals surface area contributed by atoms with Crippen LogP contribution >= 0.6 is 11.6 Å². The molecule has 0 saturated carbocycles. The highest BCUT2D eigenvalue weighted by atomic mass is 35.5. The Morgan fingerprint density at radius 1 is 1.60 bits per heavy atom. The summed E-state index contributed by atoms with van der Waals surface area (Å²) in [5.41, 5.74) is 1.28. The Kier molecular flexibility index (Phi) is 2.76. The number of pyridine rings is 1. The van der Waals surface area contributed by atoms with Crippen molar-refractivity contribution in [1.82, 2.24) is 4.98 Å². The van der Waals surface area contributed by atoms with Crippen molar-refractivity contribution in [3.8, 4) is 6.07 Å². The second-order valence-electron chi connectivity index (χ2n) is 3.41. The highest BCUT2D eigenvalue weighted by Gasteiger charge is 2.27. The van der Waals surface area contributed by atoms with Crippen molar-refractivity contribution in [3.63, 3.8) is 0 Å². The first kappa shape index (κ1) is 10.2. The van der Waals surface area contributed by atoms with Gasteiger partial charge in [0, 0.05) is 25.9 Å². The van der Waals surface area contributed by atoms with Crippen molar-refractivity contribution in [2.45, 2.75) is 6.10 Å². The molecule has 2 rings (SSSR count). The number of anilines is 1. The van der Waals surface area contributed by atoms with Gasteiger partial charge >= 0.3 is 0 Å². The molecule has 0 atom stereocenters. The maximum Gasteiger partial charge on any atom is 0.144 e. The topological polar surface area (TPSA) is 49.1 Å². The largest absolute Gasteiger partial charge is 0.378 e. The predicted octanol–water partition coefficient (Wildman–Crippen LogP) is 1.44. The summed E-state index contributed by atoms with van der Waals surface area (Å²) in [4.78, 5) is 5.98.